The van der Waals surface area contributed by atoms with Gasteiger partial charge in [-0.05, 0) is 34.1 Å². The van der Waals surface area contributed by atoms with Gasteiger partial charge in [0.05, 0.1) is 0 Å². The highest BCUT2D eigenvalue weighted by Gasteiger charge is 2.25. The number of piperazine rings is 1. The van der Waals surface area contributed by atoms with Gasteiger partial charge in [0.25, 0.3) is 5.91 Å². The molecule has 1 aliphatic rings. The van der Waals surface area contributed by atoms with Crippen molar-refractivity contribution in [2.45, 2.75) is 52.7 Å². The Hall–Kier alpha value is -2.23. The maximum Gasteiger partial charge on any atom is 0.410 e. The number of ether oxygens (including phenoxy) is 1. The van der Waals surface area contributed by atoms with Crippen molar-refractivity contribution in [1.82, 2.24) is 15.1 Å². The van der Waals surface area contributed by atoms with Crippen LogP contribution in [0.5, 0.6) is 0 Å². The lowest BCUT2D eigenvalue weighted by Crippen LogP contribution is -2.48. The van der Waals surface area contributed by atoms with Gasteiger partial charge in [0.1, 0.15) is 17.2 Å². The average Bonchev–Trinajstić information content (AvgIpc) is 2.51. The standard InChI is InChI=1S/C17H28N4O3/c1-6-13(2)19-15(22)14(11-18)12-20-7-9-21(10-8-20)16(23)24-17(3,4)5/h12-13H,6-10H2,1-5H3,(H,19,22)/b14-12-. The lowest BCUT2D eigenvalue weighted by atomic mass is 10.2. The Morgan fingerprint density at radius 1 is 1.29 bits per heavy atom. The Morgan fingerprint density at radius 2 is 1.88 bits per heavy atom. The van der Waals surface area contributed by atoms with Crippen molar-refractivity contribution >= 4 is 12.0 Å². The van der Waals surface area contributed by atoms with Crippen LogP contribution in [0.1, 0.15) is 41.0 Å². The minimum atomic E-state index is -0.518. The van der Waals surface area contributed by atoms with Gasteiger partial charge in [0.15, 0.2) is 0 Å². The highest BCUT2D eigenvalue weighted by molar-refractivity contribution is 5.97. The first kappa shape index (κ1) is 19.8. The van der Waals surface area contributed by atoms with Gasteiger partial charge in [0, 0.05) is 38.4 Å². The Labute approximate surface area is 144 Å². The third-order valence-corrected chi connectivity index (χ3v) is 3.63. The maximum atomic E-state index is 12.0. The molecule has 1 N–H and O–H groups in total. The van der Waals surface area contributed by atoms with E-state index in [9.17, 15) is 14.9 Å². The summed E-state index contributed by atoms with van der Waals surface area (Å²) in [6.07, 6.45) is 2.05. The molecule has 0 spiro atoms. The molecule has 7 nitrogen and oxygen atoms in total. The summed E-state index contributed by atoms with van der Waals surface area (Å²) in [5.41, 5.74) is -0.433. The molecule has 0 aromatic carbocycles. The molecule has 1 heterocycles. The SMILES string of the molecule is CCC(C)NC(=O)/C(C#N)=C\N1CCN(C(=O)OC(C)(C)C)CC1. The minimum Gasteiger partial charge on any atom is -0.444 e. The number of carbonyl (C=O) groups is 2. The predicted molar refractivity (Wildman–Crippen MR) is 91.0 cm³/mol. The number of rotatable bonds is 4. The summed E-state index contributed by atoms with van der Waals surface area (Å²) >= 11 is 0. The van der Waals surface area contributed by atoms with Crippen LogP contribution in [0.25, 0.3) is 0 Å². The van der Waals surface area contributed by atoms with Crippen LogP contribution in [0.3, 0.4) is 0 Å². The van der Waals surface area contributed by atoms with E-state index in [0.717, 1.165) is 6.42 Å². The van der Waals surface area contributed by atoms with E-state index in [1.807, 2.05) is 45.6 Å². The second-order valence-corrected chi connectivity index (χ2v) is 6.94. The lowest BCUT2D eigenvalue weighted by Gasteiger charge is -2.35. The van der Waals surface area contributed by atoms with Gasteiger partial charge >= 0.3 is 6.09 Å². The number of hydrogen-bond donors (Lipinski definition) is 1. The van der Waals surface area contributed by atoms with E-state index >= 15 is 0 Å². The Balaban J connectivity index is 2.58. The van der Waals surface area contributed by atoms with Gasteiger partial charge in [-0.2, -0.15) is 5.26 Å². The molecule has 0 aromatic rings. The normalized spacial score (nSPS) is 17.1. The van der Waals surface area contributed by atoms with Crippen LogP contribution in [-0.4, -0.2) is 59.6 Å². The van der Waals surface area contributed by atoms with Crippen molar-refractivity contribution in [2.75, 3.05) is 26.2 Å². The van der Waals surface area contributed by atoms with E-state index in [0.29, 0.717) is 26.2 Å². The molecule has 0 radical (unpaired) electrons. The summed E-state index contributed by atoms with van der Waals surface area (Å²) in [7, 11) is 0. The molecule has 1 aliphatic heterocycles. The zero-order valence-corrected chi connectivity index (χ0v) is 15.3. The summed E-state index contributed by atoms with van der Waals surface area (Å²) in [4.78, 5) is 27.6. The molecule has 134 valence electrons. The van der Waals surface area contributed by atoms with Gasteiger partial charge in [-0.15, -0.1) is 0 Å². The van der Waals surface area contributed by atoms with Crippen LogP contribution < -0.4 is 5.32 Å². The fourth-order valence-electron chi connectivity index (χ4n) is 2.08. The van der Waals surface area contributed by atoms with Crippen LogP contribution in [0, 0.1) is 11.3 Å². The van der Waals surface area contributed by atoms with Crippen molar-refractivity contribution < 1.29 is 14.3 Å². The zero-order chi connectivity index (χ0) is 18.3. The number of carbonyl (C=O) groups excluding carboxylic acids is 2. The van der Waals surface area contributed by atoms with E-state index in [1.54, 1.807) is 11.1 Å². The van der Waals surface area contributed by atoms with E-state index in [-0.39, 0.29) is 23.6 Å². The molecular formula is C17H28N4O3. The fraction of sp³-hybridized carbons (Fsp3) is 0.706. The first-order chi connectivity index (χ1) is 11.2. The Morgan fingerprint density at radius 3 is 2.33 bits per heavy atom. The number of nitriles is 1. The van der Waals surface area contributed by atoms with Gasteiger partial charge in [-0.1, -0.05) is 6.92 Å². The predicted octanol–water partition coefficient (Wildman–Crippen LogP) is 1.86. The monoisotopic (exact) mass is 336 g/mol. The number of nitrogens with zero attached hydrogens (tertiary/aromatic N) is 3. The number of nitrogens with one attached hydrogen (secondary N) is 1. The van der Waals surface area contributed by atoms with Crippen molar-refractivity contribution in [3.8, 4) is 6.07 Å². The first-order valence-corrected chi connectivity index (χ1v) is 8.31. The largest absolute Gasteiger partial charge is 0.444 e. The van der Waals surface area contributed by atoms with Gasteiger partial charge in [-0.3, -0.25) is 4.79 Å². The van der Waals surface area contributed by atoms with Crippen LogP contribution >= 0.6 is 0 Å². The molecule has 0 saturated carbocycles. The van der Waals surface area contributed by atoms with Gasteiger partial charge < -0.3 is 19.9 Å². The van der Waals surface area contributed by atoms with Crippen LogP contribution in [-0.2, 0) is 9.53 Å². The highest BCUT2D eigenvalue weighted by Crippen LogP contribution is 2.12. The van der Waals surface area contributed by atoms with Crippen molar-refractivity contribution in [3.05, 3.63) is 11.8 Å². The summed E-state index contributed by atoms with van der Waals surface area (Å²) < 4.78 is 5.35. The molecule has 7 heteroatoms. The summed E-state index contributed by atoms with van der Waals surface area (Å²) in [6, 6.07) is 1.97. The molecule has 1 saturated heterocycles. The maximum absolute atomic E-state index is 12.0. The third kappa shape index (κ3) is 6.49. The fourth-order valence-corrected chi connectivity index (χ4v) is 2.08. The van der Waals surface area contributed by atoms with Crippen molar-refractivity contribution in [1.29, 1.82) is 5.26 Å². The van der Waals surface area contributed by atoms with Crippen LogP contribution in [0.4, 0.5) is 4.79 Å². The molecule has 24 heavy (non-hydrogen) atoms. The van der Waals surface area contributed by atoms with Gasteiger partial charge in [0.2, 0.25) is 0 Å². The first-order valence-electron chi connectivity index (χ1n) is 8.31. The summed E-state index contributed by atoms with van der Waals surface area (Å²) in [6.45, 7) is 11.5. The molecule has 1 unspecified atom stereocenters. The Kier molecular flexibility index (Phi) is 7.08. The zero-order valence-electron chi connectivity index (χ0n) is 15.3. The van der Waals surface area contributed by atoms with Gasteiger partial charge in [-0.25, -0.2) is 4.79 Å². The number of amides is 2. The molecule has 1 atom stereocenters. The van der Waals surface area contributed by atoms with Crippen LogP contribution in [0.15, 0.2) is 11.8 Å². The van der Waals surface area contributed by atoms with E-state index in [1.165, 1.54) is 0 Å². The smallest absolute Gasteiger partial charge is 0.410 e. The van der Waals surface area contributed by atoms with Crippen molar-refractivity contribution in [2.24, 2.45) is 0 Å². The second kappa shape index (κ2) is 8.57. The van der Waals surface area contributed by atoms with E-state index in [2.05, 4.69) is 5.32 Å². The van der Waals surface area contributed by atoms with Crippen LogP contribution in [0.2, 0.25) is 0 Å². The number of hydrogen-bond acceptors (Lipinski definition) is 5. The summed E-state index contributed by atoms with van der Waals surface area (Å²) in [5, 5.41) is 12.0. The topological polar surface area (TPSA) is 85.7 Å². The van der Waals surface area contributed by atoms with E-state index < -0.39 is 5.60 Å². The molecule has 1 fully saturated rings. The third-order valence-electron chi connectivity index (χ3n) is 3.63. The molecular weight excluding hydrogens is 308 g/mol. The van der Waals surface area contributed by atoms with Crippen molar-refractivity contribution in [3.63, 3.8) is 0 Å². The molecule has 2 amide bonds. The van der Waals surface area contributed by atoms with E-state index in [4.69, 9.17) is 4.74 Å². The second-order valence-electron chi connectivity index (χ2n) is 6.94. The molecule has 0 bridgehead atoms. The minimum absolute atomic E-state index is 0.0262. The summed E-state index contributed by atoms with van der Waals surface area (Å²) in [5.74, 6) is -0.360. The average molecular weight is 336 g/mol. The Bertz CT molecular complexity index is 523. The molecule has 0 aliphatic carbocycles. The quantitative estimate of drug-likeness (QED) is 0.625. The molecule has 1 rings (SSSR count). The molecule has 0 aromatic heterocycles. The highest BCUT2D eigenvalue weighted by atomic mass is 16.6. The lowest BCUT2D eigenvalue weighted by molar-refractivity contribution is -0.117.